The Kier molecular flexibility index (Phi) is 7.99. The number of phenols is 1. The Bertz CT molecular complexity index is 796. The molecule has 3 N–H and O–H groups in total. The first-order valence-electron chi connectivity index (χ1n) is 9.50. The van der Waals surface area contributed by atoms with Crippen molar-refractivity contribution in [2.45, 2.75) is 33.7 Å². The van der Waals surface area contributed by atoms with Crippen molar-refractivity contribution in [2.75, 3.05) is 27.3 Å². The molecule has 0 aliphatic heterocycles. The molecule has 0 fully saturated rings. The molecule has 2 rings (SSSR count). The Balaban J connectivity index is 1.98. The summed E-state index contributed by atoms with van der Waals surface area (Å²) in [5.41, 5.74) is 3.98. The van der Waals surface area contributed by atoms with E-state index in [1.54, 1.807) is 14.2 Å². The molecule has 0 unspecified atom stereocenters. The largest absolute Gasteiger partial charge is 0.507 e. The standard InChI is InChI=1S/C22H31N3O3/c1-6-23-22(25-14-18-11-15(2)21(26)16(3)12-18)24-10-9-17-7-8-19(27-4)20(13-17)28-5/h7-8,11-13,26H,6,9-10,14H2,1-5H3,(H2,23,24,25). The van der Waals surface area contributed by atoms with Crippen LogP contribution in [0.3, 0.4) is 0 Å². The van der Waals surface area contributed by atoms with Gasteiger partial charge in [-0.15, -0.1) is 0 Å². The van der Waals surface area contributed by atoms with Gasteiger partial charge in [0.15, 0.2) is 17.5 Å². The molecule has 0 aromatic heterocycles. The van der Waals surface area contributed by atoms with Crippen LogP contribution in [0.15, 0.2) is 35.3 Å². The molecule has 0 radical (unpaired) electrons. The molecule has 28 heavy (non-hydrogen) atoms. The third-order valence-electron chi connectivity index (χ3n) is 4.47. The number of ether oxygens (including phenoxy) is 2. The van der Waals surface area contributed by atoms with Gasteiger partial charge >= 0.3 is 0 Å². The first-order valence-corrected chi connectivity index (χ1v) is 9.50. The Morgan fingerprint density at radius 1 is 0.964 bits per heavy atom. The van der Waals surface area contributed by atoms with E-state index in [0.717, 1.165) is 59.2 Å². The molecule has 6 heteroatoms. The van der Waals surface area contributed by atoms with Gasteiger partial charge in [-0.2, -0.15) is 0 Å². The Morgan fingerprint density at radius 2 is 1.64 bits per heavy atom. The minimum absolute atomic E-state index is 0.354. The van der Waals surface area contributed by atoms with Crippen LogP contribution >= 0.6 is 0 Å². The van der Waals surface area contributed by atoms with Gasteiger partial charge in [0, 0.05) is 13.1 Å². The molecular formula is C22H31N3O3. The molecule has 0 saturated carbocycles. The lowest BCUT2D eigenvalue weighted by Gasteiger charge is -2.13. The minimum atomic E-state index is 0.354. The summed E-state index contributed by atoms with van der Waals surface area (Å²) in [5, 5.41) is 16.5. The van der Waals surface area contributed by atoms with Gasteiger partial charge in [0.1, 0.15) is 5.75 Å². The highest BCUT2D eigenvalue weighted by molar-refractivity contribution is 5.79. The summed E-state index contributed by atoms with van der Waals surface area (Å²) in [6, 6.07) is 9.89. The van der Waals surface area contributed by atoms with Crippen LogP contribution in [0.5, 0.6) is 17.2 Å². The lowest BCUT2D eigenvalue weighted by molar-refractivity contribution is 0.354. The van der Waals surface area contributed by atoms with Crippen molar-refractivity contribution < 1.29 is 14.6 Å². The van der Waals surface area contributed by atoms with E-state index >= 15 is 0 Å². The SMILES string of the molecule is CCNC(=NCc1cc(C)c(O)c(C)c1)NCCc1ccc(OC)c(OC)c1. The number of nitrogens with one attached hydrogen (secondary N) is 2. The third-order valence-corrected chi connectivity index (χ3v) is 4.47. The molecule has 0 spiro atoms. The number of rotatable bonds is 8. The number of aryl methyl sites for hydroxylation is 2. The van der Waals surface area contributed by atoms with Crippen LogP contribution in [-0.4, -0.2) is 38.4 Å². The van der Waals surface area contributed by atoms with Crippen LogP contribution < -0.4 is 20.1 Å². The van der Waals surface area contributed by atoms with Gasteiger partial charge in [-0.05, 0) is 61.6 Å². The van der Waals surface area contributed by atoms with Gasteiger partial charge in [-0.25, -0.2) is 4.99 Å². The van der Waals surface area contributed by atoms with E-state index in [4.69, 9.17) is 9.47 Å². The maximum absolute atomic E-state index is 9.91. The van der Waals surface area contributed by atoms with E-state index in [0.29, 0.717) is 12.3 Å². The monoisotopic (exact) mass is 385 g/mol. The van der Waals surface area contributed by atoms with Gasteiger partial charge < -0.3 is 25.2 Å². The number of hydrogen-bond donors (Lipinski definition) is 3. The van der Waals surface area contributed by atoms with Crippen molar-refractivity contribution in [1.29, 1.82) is 0 Å². The highest BCUT2D eigenvalue weighted by Crippen LogP contribution is 2.27. The van der Waals surface area contributed by atoms with Gasteiger partial charge in [0.25, 0.3) is 0 Å². The van der Waals surface area contributed by atoms with Crippen LogP contribution in [0, 0.1) is 13.8 Å². The predicted molar refractivity (Wildman–Crippen MR) is 114 cm³/mol. The molecule has 0 bridgehead atoms. The fraction of sp³-hybridized carbons (Fsp3) is 0.409. The lowest BCUT2D eigenvalue weighted by atomic mass is 10.1. The first-order chi connectivity index (χ1) is 13.5. The summed E-state index contributed by atoms with van der Waals surface area (Å²) in [7, 11) is 3.28. The Hall–Kier alpha value is -2.89. The van der Waals surface area contributed by atoms with Crippen LogP contribution in [0.2, 0.25) is 0 Å². The molecule has 0 amide bonds. The number of hydrogen-bond acceptors (Lipinski definition) is 4. The molecule has 2 aromatic rings. The number of methoxy groups -OCH3 is 2. The molecule has 0 aliphatic rings. The van der Waals surface area contributed by atoms with Crippen molar-refractivity contribution in [1.82, 2.24) is 10.6 Å². The number of aliphatic imine (C=N–C) groups is 1. The van der Waals surface area contributed by atoms with E-state index in [1.807, 2.05) is 51.1 Å². The number of phenolic OH excluding ortho intramolecular Hbond substituents is 1. The van der Waals surface area contributed by atoms with Crippen molar-refractivity contribution in [3.05, 3.63) is 52.6 Å². The molecule has 6 nitrogen and oxygen atoms in total. The van der Waals surface area contributed by atoms with E-state index in [2.05, 4.69) is 15.6 Å². The third kappa shape index (κ3) is 5.81. The summed E-state index contributed by atoms with van der Waals surface area (Å²) in [5.74, 6) is 2.59. The molecule has 0 heterocycles. The van der Waals surface area contributed by atoms with E-state index in [1.165, 1.54) is 0 Å². The smallest absolute Gasteiger partial charge is 0.191 e. The highest BCUT2D eigenvalue weighted by Gasteiger charge is 2.06. The zero-order valence-corrected chi connectivity index (χ0v) is 17.4. The molecule has 152 valence electrons. The normalized spacial score (nSPS) is 11.2. The highest BCUT2D eigenvalue weighted by atomic mass is 16.5. The zero-order chi connectivity index (χ0) is 20.5. The Labute approximate surface area is 167 Å². The van der Waals surface area contributed by atoms with Crippen LogP contribution in [0.1, 0.15) is 29.2 Å². The first kappa shape index (κ1) is 21.4. The second-order valence-corrected chi connectivity index (χ2v) is 6.64. The summed E-state index contributed by atoms with van der Waals surface area (Å²) in [6.07, 6.45) is 0.836. The van der Waals surface area contributed by atoms with Crippen molar-refractivity contribution >= 4 is 5.96 Å². The van der Waals surface area contributed by atoms with Crippen LogP contribution in [-0.2, 0) is 13.0 Å². The summed E-state index contributed by atoms with van der Waals surface area (Å²) in [6.45, 7) is 7.93. The van der Waals surface area contributed by atoms with Gasteiger partial charge in [0.2, 0.25) is 0 Å². The lowest BCUT2D eigenvalue weighted by Crippen LogP contribution is -2.38. The fourth-order valence-electron chi connectivity index (χ4n) is 3.01. The predicted octanol–water partition coefficient (Wildman–Crippen LogP) is 3.32. The van der Waals surface area contributed by atoms with E-state index < -0.39 is 0 Å². The topological polar surface area (TPSA) is 75.1 Å². The van der Waals surface area contributed by atoms with Gasteiger partial charge in [-0.3, -0.25) is 0 Å². The molecule has 2 aromatic carbocycles. The number of nitrogens with zero attached hydrogens (tertiary/aromatic N) is 1. The number of aromatic hydroxyl groups is 1. The number of guanidine groups is 1. The molecular weight excluding hydrogens is 354 g/mol. The van der Waals surface area contributed by atoms with Crippen molar-refractivity contribution in [3.8, 4) is 17.2 Å². The molecule has 0 atom stereocenters. The van der Waals surface area contributed by atoms with Crippen LogP contribution in [0.4, 0.5) is 0 Å². The van der Waals surface area contributed by atoms with Crippen molar-refractivity contribution in [2.24, 2.45) is 4.99 Å². The fourth-order valence-corrected chi connectivity index (χ4v) is 3.01. The van der Waals surface area contributed by atoms with Crippen molar-refractivity contribution in [3.63, 3.8) is 0 Å². The second kappa shape index (κ2) is 10.4. The summed E-state index contributed by atoms with van der Waals surface area (Å²) in [4.78, 5) is 4.66. The maximum Gasteiger partial charge on any atom is 0.191 e. The second-order valence-electron chi connectivity index (χ2n) is 6.64. The van der Waals surface area contributed by atoms with E-state index in [9.17, 15) is 5.11 Å². The quantitative estimate of drug-likeness (QED) is 0.480. The zero-order valence-electron chi connectivity index (χ0n) is 17.4. The number of benzene rings is 2. The van der Waals surface area contributed by atoms with Gasteiger partial charge in [-0.1, -0.05) is 18.2 Å². The average molecular weight is 386 g/mol. The average Bonchev–Trinajstić information content (AvgIpc) is 2.69. The molecule has 0 aliphatic carbocycles. The molecule has 0 saturated heterocycles. The maximum atomic E-state index is 9.91. The van der Waals surface area contributed by atoms with Gasteiger partial charge in [0.05, 0.1) is 20.8 Å². The van der Waals surface area contributed by atoms with Crippen LogP contribution in [0.25, 0.3) is 0 Å². The van der Waals surface area contributed by atoms with E-state index in [-0.39, 0.29) is 0 Å². The summed E-state index contributed by atoms with van der Waals surface area (Å²) < 4.78 is 10.6. The minimum Gasteiger partial charge on any atom is -0.507 e. The summed E-state index contributed by atoms with van der Waals surface area (Å²) >= 11 is 0. The Morgan fingerprint density at radius 3 is 2.25 bits per heavy atom.